The molecule has 0 atom stereocenters. The number of ether oxygens (including phenoxy) is 3. The van der Waals surface area contributed by atoms with Crippen molar-refractivity contribution in [3.05, 3.63) is 18.2 Å². The first-order valence-corrected chi connectivity index (χ1v) is 9.74. The first-order valence-electron chi connectivity index (χ1n) is 8.30. The smallest absolute Gasteiger partial charge is 0.246 e. The summed E-state index contributed by atoms with van der Waals surface area (Å²) >= 11 is 0. The maximum absolute atomic E-state index is 13.1. The lowest BCUT2D eigenvalue weighted by molar-refractivity contribution is -0.148. The second-order valence-electron chi connectivity index (χ2n) is 6.43. The van der Waals surface area contributed by atoms with Crippen LogP contribution in [0.4, 0.5) is 0 Å². The number of fused-ring (bicyclic) bond motifs is 1. The number of nitrogens with zero attached hydrogens (tertiary/aromatic N) is 1. The number of amides is 1. The maximum Gasteiger partial charge on any atom is 0.246 e. The van der Waals surface area contributed by atoms with Crippen LogP contribution in [-0.2, 0) is 19.6 Å². The Balaban J connectivity index is 1.54. The first-order chi connectivity index (χ1) is 12.0. The first kappa shape index (κ1) is 16.6. The molecule has 25 heavy (non-hydrogen) atoms. The molecule has 9 heteroatoms. The molecule has 2 fully saturated rings. The van der Waals surface area contributed by atoms with E-state index >= 15 is 0 Å². The third-order valence-corrected chi connectivity index (χ3v) is 6.82. The summed E-state index contributed by atoms with van der Waals surface area (Å²) in [6.45, 7) is 1.87. The molecule has 3 aliphatic heterocycles. The van der Waals surface area contributed by atoms with Crippen molar-refractivity contribution in [1.29, 1.82) is 0 Å². The number of hydrogen-bond acceptors (Lipinski definition) is 6. The highest BCUT2D eigenvalue weighted by Crippen LogP contribution is 2.39. The van der Waals surface area contributed by atoms with Crippen molar-refractivity contribution < 1.29 is 27.4 Å². The molecule has 0 bridgehead atoms. The lowest BCUT2D eigenvalue weighted by Gasteiger charge is -2.43. The van der Waals surface area contributed by atoms with E-state index in [1.54, 1.807) is 18.2 Å². The zero-order valence-electron chi connectivity index (χ0n) is 13.7. The maximum atomic E-state index is 13.1. The molecule has 0 aromatic heterocycles. The van der Waals surface area contributed by atoms with Gasteiger partial charge in [-0.3, -0.25) is 4.79 Å². The second-order valence-corrected chi connectivity index (χ2v) is 8.34. The van der Waals surface area contributed by atoms with Crippen LogP contribution >= 0.6 is 0 Å². The number of sulfonamides is 1. The van der Waals surface area contributed by atoms with Crippen LogP contribution in [0.1, 0.15) is 12.8 Å². The van der Waals surface area contributed by atoms with E-state index in [0.717, 1.165) is 0 Å². The van der Waals surface area contributed by atoms with Gasteiger partial charge in [0.25, 0.3) is 0 Å². The normalized spacial score (nSPS) is 23.3. The molecule has 2 saturated heterocycles. The lowest BCUT2D eigenvalue weighted by Crippen LogP contribution is -2.57. The van der Waals surface area contributed by atoms with Crippen LogP contribution in [0.15, 0.2) is 23.1 Å². The Kier molecular flexibility index (Phi) is 4.09. The monoisotopic (exact) mass is 368 g/mol. The third-order valence-electron chi connectivity index (χ3n) is 4.90. The number of para-hydroxylation sites is 1. The van der Waals surface area contributed by atoms with Crippen molar-refractivity contribution in [2.75, 3.05) is 39.5 Å². The molecule has 3 aliphatic rings. The fourth-order valence-electron chi connectivity index (χ4n) is 3.42. The Labute approximate surface area is 146 Å². The quantitative estimate of drug-likeness (QED) is 0.797. The van der Waals surface area contributed by atoms with Gasteiger partial charge in [0.05, 0.1) is 5.60 Å². The van der Waals surface area contributed by atoms with Gasteiger partial charge in [-0.2, -0.15) is 4.31 Å². The Morgan fingerprint density at radius 3 is 2.60 bits per heavy atom. The van der Waals surface area contributed by atoms with Gasteiger partial charge >= 0.3 is 0 Å². The Morgan fingerprint density at radius 1 is 1.12 bits per heavy atom. The number of piperidine rings is 1. The van der Waals surface area contributed by atoms with E-state index in [-0.39, 0.29) is 23.2 Å². The summed E-state index contributed by atoms with van der Waals surface area (Å²) < 4.78 is 44.3. The summed E-state index contributed by atoms with van der Waals surface area (Å²) in [7, 11) is -3.68. The highest BCUT2D eigenvalue weighted by Gasteiger charge is 2.42. The highest BCUT2D eigenvalue weighted by atomic mass is 32.2. The minimum absolute atomic E-state index is 0.0319. The molecule has 4 rings (SSSR count). The van der Waals surface area contributed by atoms with Crippen molar-refractivity contribution in [3.63, 3.8) is 0 Å². The van der Waals surface area contributed by atoms with Gasteiger partial charge < -0.3 is 19.5 Å². The van der Waals surface area contributed by atoms with Crippen LogP contribution in [0.25, 0.3) is 0 Å². The summed E-state index contributed by atoms with van der Waals surface area (Å²) in [6, 6.07) is 4.91. The predicted octanol–water partition coefficient (Wildman–Crippen LogP) is 0.128. The van der Waals surface area contributed by atoms with Gasteiger partial charge in [-0.15, -0.1) is 0 Å². The molecular formula is C16H20N2O6S. The lowest BCUT2D eigenvalue weighted by atomic mass is 9.91. The Morgan fingerprint density at radius 2 is 1.88 bits per heavy atom. The highest BCUT2D eigenvalue weighted by molar-refractivity contribution is 7.89. The van der Waals surface area contributed by atoms with E-state index in [4.69, 9.17) is 14.2 Å². The van der Waals surface area contributed by atoms with Gasteiger partial charge in [-0.1, -0.05) is 6.07 Å². The summed E-state index contributed by atoms with van der Waals surface area (Å²) in [5.41, 5.74) is -0.463. The van der Waals surface area contributed by atoms with E-state index in [1.807, 2.05) is 0 Å². The van der Waals surface area contributed by atoms with Crippen molar-refractivity contribution in [1.82, 2.24) is 9.62 Å². The number of nitrogens with one attached hydrogen (secondary N) is 1. The van der Waals surface area contributed by atoms with E-state index in [1.165, 1.54) is 4.31 Å². The molecular weight excluding hydrogens is 348 g/mol. The number of rotatable bonds is 2. The number of benzene rings is 1. The molecule has 0 unspecified atom stereocenters. The molecule has 0 aliphatic carbocycles. The van der Waals surface area contributed by atoms with Crippen molar-refractivity contribution in [2.45, 2.75) is 23.3 Å². The largest absolute Gasteiger partial charge is 0.486 e. The summed E-state index contributed by atoms with van der Waals surface area (Å²) in [5.74, 6) is 0.614. The second kappa shape index (κ2) is 6.15. The molecule has 1 N–H and O–H groups in total. The van der Waals surface area contributed by atoms with Crippen LogP contribution in [0.5, 0.6) is 11.5 Å². The van der Waals surface area contributed by atoms with Crippen LogP contribution < -0.4 is 14.8 Å². The van der Waals surface area contributed by atoms with Gasteiger partial charge in [0.1, 0.15) is 24.7 Å². The molecule has 1 aromatic carbocycles. The molecule has 8 nitrogen and oxygen atoms in total. The number of morpholine rings is 1. The topological polar surface area (TPSA) is 94.2 Å². The fraction of sp³-hybridized carbons (Fsp3) is 0.562. The van der Waals surface area contributed by atoms with Crippen molar-refractivity contribution in [2.24, 2.45) is 0 Å². The molecule has 1 aromatic rings. The van der Waals surface area contributed by atoms with Gasteiger partial charge in [-0.25, -0.2) is 8.42 Å². The molecule has 1 amide bonds. The van der Waals surface area contributed by atoms with Crippen LogP contribution in [0.2, 0.25) is 0 Å². The average molecular weight is 368 g/mol. The molecule has 3 heterocycles. The van der Waals surface area contributed by atoms with Gasteiger partial charge in [-0.05, 0) is 25.0 Å². The summed E-state index contributed by atoms with van der Waals surface area (Å²) in [5, 5.41) is 2.80. The average Bonchev–Trinajstić information content (AvgIpc) is 2.64. The minimum atomic E-state index is -3.68. The van der Waals surface area contributed by atoms with E-state index < -0.39 is 15.6 Å². The molecule has 0 radical (unpaired) electrons. The van der Waals surface area contributed by atoms with Crippen LogP contribution in [-0.4, -0.2) is 63.7 Å². The van der Waals surface area contributed by atoms with E-state index in [2.05, 4.69) is 5.32 Å². The zero-order valence-corrected chi connectivity index (χ0v) is 14.5. The number of hydrogen-bond donors (Lipinski definition) is 1. The van der Waals surface area contributed by atoms with E-state index in [0.29, 0.717) is 51.4 Å². The predicted molar refractivity (Wildman–Crippen MR) is 87.1 cm³/mol. The van der Waals surface area contributed by atoms with Crippen molar-refractivity contribution >= 4 is 15.9 Å². The Bertz CT molecular complexity index is 774. The zero-order chi connectivity index (χ0) is 17.5. The number of carbonyl (C=O) groups excluding carboxylic acids is 1. The van der Waals surface area contributed by atoms with Crippen LogP contribution in [0.3, 0.4) is 0 Å². The van der Waals surface area contributed by atoms with Gasteiger partial charge in [0, 0.05) is 19.6 Å². The fourth-order valence-corrected chi connectivity index (χ4v) is 5.01. The van der Waals surface area contributed by atoms with Gasteiger partial charge in [0.15, 0.2) is 11.5 Å². The third kappa shape index (κ3) is 2.96. The standard InChI is InChI=1S/C16H20N2O6S/c19-14-10-24-16(11-17-14)4-6-18(7-5-16)25(20,21)13-3-1-2-12-15(13)23-9-8-22-12/h1-3H,4-11H2,(H,17,19). The Hall–Kier alpha value is -1.84. The minimum Gasteiger partial charge on any atom is -0.486 e. The summed E-state index contributed by atoms with van der Waals surface area (Å²) in [4.78, 5) is 11.4. The number of carbonyl (C=O) groups is 1. The van der Waals surface area contributed by atoms with Crippen molar-refractivity contribution in [3.8, 4) is 11.5 Å². The molecule has 136 valence electrons. The molecule has 1 spiro atoms. The SMILES string of the molecule is O=C1COC2(CCN(S(=O)(=O)c3cccc4c3OCCO4)CC2)CN1. The molecule has 0 saturated carbocycles. The van der Waals surface area contributed by atoms with E-state index in [9.17, 15) is 13.2 Å². The van der Waals surface area contributed by atoms with Gasteiger partial charge in [0.2, 0.25) is 15.9 Å². The van der Waals surface area contributed by atoms with Crippen LogP contribution in [0, 0.1) is 0 Å². The summed E-state index contributed by atoms with van der Waals surface area (Å²) in [6.07, 6.45) is 1.08.